The number of hydrogen-bond donors (Lipinski definition) is 1. The molecule has 1 amide bonds. The van der Waals surface area contributed by atoms with Gasteiger partial charge in [0.05, 0.1) is 14.2 Å². The Labute approximate surface area is 163 Å². The molecule has 0 bridgehead atoms. The summed E-state index contributed by atoms with van der Waals surface area (Å²) in [6.45, 7) is 0.723. The minimum Gasteiger partial charge on any atom is -0.493 e. The number of nitrogens with zero attached hydrogens (tertiary/aromatic N) is 1. The molecule has 2 aromatic rings. The molecular formula is C21H23NO6. The van der Waals surface area contributed by atoms with E-state index in [1.807, 2.05) is 30.3 Å². The van der Waals surface area contributed by atoms with E-state index in [0.717, 1.165) is 5.56 Å². The number of carboxylic acid groups (broad SMARTS) is 1. The first-order chi connectivity index (χ1) is 13.5. The van der Waals surface area contributed by atoms with Gasteiger partial charge in [-0.05, 0) is 30.5 Å². The average Bonchev–Trinajstić information content (AvgIpc) is 3.22. The molecule has 3 rings (SSSR count). The number of hydrogen-bond acceptors (Lipinski definition) is 5. The molecule has 0 aromatic heterocycles. The van der Waals surface area contributed by atoms with E-state index in [2.05, 4.69) is 0 Å². The van der Waals surface area contributed by atoms with Crippen molar-refractivity contribution >= 4 is 11.9 Å². The van der Waals surface area contributed by atoms with Crippen molar-refractivity contribution < 1.29 is 28.9 Å². The molecule has 1 fully saturated rings. The Hall–Kier alpha value is -3.22. The van der Waals surface area contributed by atoms with Gasteiger partial charge in [-0.2, -0.15) is 0 Å². The van der Waals surface area contributed by atoms with E-state index in [4.69, 9.17) is 14.2 Å². The van der Waals surface area contributed by atoms with Gasteiger partial charge < -0.3 is 24.2 Å². The van der Waals surface area contributed by atoms with Crippen LogP contribution in [0.4, 0.5) is 0 Å². The molecule has 0 radical (unpaired) electrons. The van der Waals surface area contributed by atoms with Crippen LogP contribution < -0.4 is 14.2 Å². The van der Waals surface area contributed by atoms with Crippen molar-refractivity contribution in [1.29, 1.82) is 0 Å². The number of carbonyl (C=O) groups excluding carboxylic acids is 1. The van der Waals surface area contributed by atoms with Gasteiger partial charge in [-0.25, -0.2) is 4.79 Å². The van der Waals surface area contributed by atoms with Crippen LogP contribution in [-0.4, -0.2) is 48.7 Å². The zero-order chi connectivity index (χ0) is 20.1. The fourth-order valence-electron chi connectivity index (χ4n) is 3.31. The van der Waals surface area contributed by atoms with Gasteiger partial charge in [0.25, 0.3) is 5.91 Å². The standard InChI is InChI=1S/C21H23NO6/c1-26-17-11-15(20(23)22-10-6-9-16(22)21(24)25)12-18(27-2)19(17)28-13-14-7-4-3-5-8-14/h3-5,7-8,11-12,16H,6,9-10,13H2,1-2H3,(H,24,25)/t16-/m1/s1. The summed E-state index contributed by atoms with van der Waals surface area (Å²) in [6.07, 6.45) is 1.11. The van der Waals surface area contributed by atoms with Crippen LogP contribution in [-0.2, 0) is 11.4 Å². The summed E-state index contributed by atoms with van der Waals surface area (Å²) in [7, 11) is 2.96. The monoisotopic (exact) mass is 385 g/mol. The number of methoxy groups -OCH3 is 2. The molecule has 1 heterocycles. The maximum absolute atomic E-state index is 12.9. The van der Waals surface area contributed by atoms with Crippen LogP contribution in [0.2, 0.25) is 0 Å². The normalized spacial score (nSPS) is 15.9. The molecule has 1 saturated heterocycles. The Morgan fingerprint density at radius 1 is 1.11 bits per heavy atom. The molecular weight excluding hydrogens is 362 g/mol. The van der Waals surface area contributed by atoms with Crippen molar-refractivity contribution in [2.45, 2.75) is 25.5 Å². The summed E-state index contributed by atoms with van der Waals surface area (Å²) < 4.78 is 16.7. The molecule has 1 N–H and O–H groups in total. The predicted molar refractivity (Wildman–Crippen MR) is 102 cm³/mol. The Kier molecular flexibility index (Phi) is 6.03. The maximum atomic E-state index is 12.9. The molecule has 0 spiro atoms. The van der Waals surface area contributed by atoms with Gasteiger partial charge in [0.15, 0.2) is 11.5 Å². The maximum Gasteiger partial charge on any atom is 0.326 e. The number of benzene rings is 2. The van der Waals surface area contributed by atoms with Crippen molar-refractivity contribution in [2.24, 2.45) is 0 Å². The fourth-order valence-corrected chi connectivity index (χ4v) is 3.31. The zero-order valence-electron chi connectivity index (χ0n) is 15.9. The average molecular weight is 385 g/mol. The first-order valence-electron chi connectivity index (χ1n) is 9.01. The third-order valence-corrected chi connectivity index (χ3v) is 4.73. The molecule has 1 aliphatic heterocycles. The van der Waals surface area contributed by atoms with E-state index in [1.54, 1.807) is 12.1 Å². The van der Waals surface area contributed by atoms with Gasteiger partial charge in [-0.3, -0.25) is 4.79 Å². The first kappa shape index (κ1) is 19.5. The molecule has 0 aliphatic carbocycles. The zero-order valence-corrected chi connectivity index (χ0v) is 15.9. The highest BCUT2D eigenvalue weighted by molar-refractivity contribution is 5.98. The SMILES string of the molecule is COc1cc(C(=O)N2CCC[C@@H]2C(=O)O)cc(OC)c1OCc1ccccc1. The minimum absolute atomic E-state index is 0.300. The van der Waals surface area contributed by atoms with E-state index >= 15 is 0 Å². The van der Waals surface area contributed by atoms with Crippen LogP contribution in [0, 0.1) is 0 Å². The molecule has 7 nitrogen and oxygen atoms in total. The van der Waals surface area contributed by atoms with Crippen LogP contribution in [0.1, 0.15) is 28.8 Å². The minimum atomic E-state index is -0.993. The molecule has 0 unspecified atom stereocenters. The van der Waals surface area contributed by atoms with Gasteiger partial charge in [0.2, 0.25) is 5.75 Å². The summed E-state index contributed by atoms with van der Waals surface area (Å²) in [5.41, 5.74) is 1.28. The fraction of sp³-hybridized carbons (Fsp3) is 0.333. The predicted octanol–water partition coefficient (Wildman–Crippen LogP) is 2.97. The van der Waals surface area contributed by atoms with Crippen LogP contribution in [0.15, 0.2) is 42.5 Å². The smallest absolute Gasteiger partial charge is 0.326 e. The summed E-state index contributed by atoms with van der Waals surface area (Å²) in [6, 6.07) is 12.0. The lowest BCUT2D eigenvalue weighted by Crippen LogP contribution is -2.40. The lowest BCUT2D eigenvalue weighted by atomic mass is 10.1. The van der Waals surface area contributed by atoms with Gasteiger partial charge in [0.1, 0.15) is 12.6 Å². The second kappa shape index (κ2) is 8.65. The van der Waals surface area contributed by atoms with Crippen molar-refractivity contribution in [1.82, 2.24) is 4.90 Å². The summed E-state index contributed by atoms with van der Waals surface area (Å²) in [5, 5.41) is 9.34. The molecule has 1 aliphatic rings. The molecule has 7 heteroatoms. The summed E-state index contributed by atoms with van der Waals surface area (Å²) in [5.74, 6) is -0.264. The number of carbonyl (C=O) groups is 2. The number of aliphatic carboxylic acids is 1. The lowest BCUT2D eigenvalue weighted by Gasteiger charge is -2.22. The van der Waals surface area contributed by atoms with Crippen molar-refractivity contribution in [2.75, 3.05) is 20.8 Å². The van der Waals surface area contributed by atoms with Gasteiger partial charge in [-0.15, -0.1) is 0 Å². The first-order valence-corrected chi connectivity index (χ1v) is 9.01. The van der Waals surface area contributed by atoms with Crippen molar-refractivity contribution in [3.05, 3.63) is 53.6 Å². The summed E-state index contributed by atoms with van der Waals surface area (Å²) >= 11 is 0. The number of rotatable bonds is 7. The highest BCUT2D eigenvalue weighted by Crippen LogP contribution is 2.39. The van der Waals surface area contributed by atoms with Gasteiger partial charge in [-0.1, -0.05) is 30.3 Å². The van der Waals surface area contributed by atoms with Crippen molar-refractivity contribution in [3.63, 3.8) is 0 Å². The molecule has 148 valence electrons. The van der Waals surface area contributed by atoms with Gasteiger partial charge in [0, 0.05) is 12.1 Å². The number of amides is 1. The topological polar surface area (TPSA) is 85.3 Å². The van der Waals surface area contributed by atoms with E-state index in [1.165, 1.54) is 19.1 Å². The Morgan fingerprint density at radius 2 is 1.75 bits per heavy atom. The van der Waals surface area contributed by atoms with E-state index < -0.39 is 12.0 Å². The van der Waals surface area contributed by atoms with Crippen molar-refractivity contribution in [3.8, 4) is 17.2 Å². The lowest BCUT2D eigenvalue weighted by molar-refractivity contribution is -0.141. The number of ether oxygens (including phenoxy) is 3. The van der Waals surface area contributed by atoms with Crippen LogP contribution in [0.5, 0.6) is 17.2 Å². The third kappa shape index (κ3) is 4.03. The highest BCUT2D eigenvalue weighted by atomic mass is 16.5. The van der Waals surface area contributed by atoms with E-state index in [9.17, 15) is 14.7 Å². The Bertz CT molecular complexity index is 826. The quantitative estimate of drug-likeness (QED) is 0.789. The molecule has 1 atom stereocenters. The van der Waals surface area contributed by atoms with E-state index in [0.29, 0.717) is 48.8 Å². The second-order valence-electron chi connectivity index (χ2n) is 6.48. The van der Waals surface area contributed by atoms with E-state index in [-0.39, 0.29) is 5.91 Å². The molecule has 28 heavy (non-hydrogen) atoms. The van der Waals surface area contributed by atoms with Gasteiger partial charge >= 0.3 is 5.97 Å². The molecule has 2 aromatic carbocycles. The molecule has 0 saturated carbocycles. The third-order valence-electron chi connectivity index (χ3n) is 4.73. The number of carboxylic acids is 1. The number of likely N-dealkylation sites (tertiary alicyclic amines) is 1. The highest BCUT2D eigenvalue weighted by Gasteiger charge is 2.35. The Morgan fingerprint density at radius 3 is 2.32 bits per heavy atom. The van der Waals surface area contributed by atoms with Crippen LogP contribution in [0.3, 0.4) is 0 Å². The Balaban J connectivity index is 1.88. The summed E-state index contributed by atoms with van der Waals surface area (Å²) in [4.78, 5) is 25.7. The second-order valence-corrected chi connectivity index (χ2v) is 6.48. The van der Waals surface area contributed by atoms with Crippen LogP contribution >= 0.6 is 0 Å². The van der Waals surface area contributed by atoms with Crippen LogP contribution in [0.25, 0.3) is 0 Å². The largest absolute Gasteiger partial charge is 0.493 e.